The summed E-state index contributed by atoms with van der Waals surface area (Å²) in [6.45, 7) is 2.29. The summed E-state index contributed by atoms with van der Waals surface area (Å²) in [5, 5.41) is 1.11. The molecule has 0 radical (unpaired) electrons. The van der Waals surface area contributed by atoms with Crippen molar-refractivity contribution in [3.05, 3.63) is 62.2 Å². The number of carbonyl (C=O) groups excluding carboxylic acids is 1. The average Bonchev–Trinajstić information content (AvgIpc) is 3.00. The molecule has 1 aliphatic rings. The van der Waals surface area contributed by atoms with Gasteiger partial charge in [0.1, 0.15) is 0 Å². The van der Waals surface area contributed by atoms with E-state index in [9.17, 15) is 4.79 Å². The molecule has 0 spiro atoms. The second-order valence-electron chi connectivity index (χ2n) is 5.43. The largest absolute Gasteiger partial charge is 0.493 e. The number of ether oxygens (including phenoxy) is 3. The minimum Gasteiger partial charge on any atom is -0.493 e. The zero-order valence-corrected chi connectivity index (χ0v) is 16.7. The third kappa shape index (κ3) is 4.21. The Morgan fingerprint density at radius 2 is 1.89 bits per heavy atom. The normalized spacial score (nSPS) is 14.9. The van der Waals surface area contributed by atoms with E-state index in [1.807, 2.05) is 6.92 Å². The van der Waals surface area contributed by atoms with E-state index in [1.165, 1.54) is 7.11 Å². The van der Waals surface area contributed by atoms with Crippen molar-refractivity contribution < 1.29 is 19.0 Å². The lowest BCUT2D eigenvalue weighted by atomic mass is 10.1. The number of methoxy groups -OCH3 is 1. The van der Waals surface area contributed by atoms with Gasteiger partial charge in [-0.15, -0.1) is 0 Å². The topological polar surface area (TPSA) is 57.1 Å². The minimum absolute atomic E-state index is 0.123. The zero-order chi connectivity index (χ0) is 19.6. The van der Waals surface area contributed by atoms with Crippen LogP contribution in [0.1, 0.15) is 18.1 Å². The highest BCUT2D eigenvalue weighted by atomic mass is 35.5. The maximum atomic E-state index is 12.2. The monoisotopic (exact) mass is 425 g/mol. The molecule has 2 aromatic rings. The van der Waals surface area contributed by atoms with Crippen LogP contribution in [0.2, 0.25) is 15.1 Å². The summed E-state index contributed by atoms with van der Waals surface area (Å²) < 4.78 is 16.0. The molecule has 0 saturated heterocycles. The maximum Gasteiger partial charge on any atom is 0.363 e. The SMILES string of the molecule is CCOc1c(Cl)cc(/C=C2\N=C(c3ccc(Cl)c(Cl)c3)OC2=O)cc1OC. The van der Waals surface area contributed by atoms with Gasteiger partial charge in [0.05, 0.1) is 28.8 Å². The molecule has 0 saturated carbocycles. The first-order chi connectivity index (χ1) is 12.9. The highest BCUT2D eigenvalue weighted by Gasteiger charge is 2.25. The molecule has 0 unspecified atom stereocenters. The van der Waals surface area contributed by atoms with Crippen LogP contribution in [-0.4, -0.2) is 25.6 Å². The standard InChI is InChI=1S/C19H14Cl3NO4/c1-3-26-17-14(22)6-10(8-16(17)25-2)7-15-19(24)27-18(23-15)11-4-5-12(20)13(21)9-11/h4-9H,3H2,1-2H3/b15-7-. The summed E-state index contributed by atoms with van der Waals surface area (Å²) >= 11 is 18.2. The Balaban J connectivity index is 1.97. The molecule has 140 valence electrons. The van der Waals surface area contributed by atoms with E-state index in [0.717, 1.165) is 0 Å². The van der Waals surface area contributed by atoms with Crippen LogP contribution in [0.15, 0.2) is 41.0 Å². The number of halogens is 3. The lowest BCUT2D eigenvalue weighted by molar-refractivity contribution is -0.129. The Hall–Kier alpha value is -2.21. The number of cyclic esters (lactones) is 1. The molecule has 0 fully saturated rings. The number of rotatable bonds is 5. The summed E-state index contributed by atoms with van der Waals surface area (Å²) in [7, 11) is 1.51. The van der Waals surface area contributed by atoms with Gasteiger partial charge in [0.2, 0.25) is 5.90 Å². The molecular formula is C19H14Cl3NO4. The average molecular weight is 427 g/mol. The van der Waals surface area contributed by atoms with E-state index in [2.05, 4.69) is 4.99 Å². The second kappa shape index (κ2) is 8.21. The van der Waals surface area contributed by atoms with Gasteiger partial charge in [-0.2, -0.15) is 0 Å². The molecule has 0 aromatic heterocycles. The van der Waals surface area contributed by atoms with E-state index in [4.69, 9.17) is 49.0 Å². The molecule has 3 rings (SSSR count). The first-order valence-electron chi connectivity index (χ1n) is 7.91. The van der Waals surface area contributed by atoms with Gasteiger partial charge < -0.3 is 14.2 Å². The molecular weight excluding hydrogens is 413 g/mol. The minimum atomic E-state index is -0.583. The van der Waals surface area contributed by atoms with Crippen molar-refractivity contribution in [3.63, 3.8) is 0 Å². The fraction of sp³-hybridized carbons (Fsp3) is 0.158. The number of aliphatic imine (C=N–C) groups is 1. The Kier molecular flexibility index (Phi) is 5.95. The first kappa shape index (κ1) is 19.5. The van der Waals surface area contributed by atoms with Gasteiger partial charge in [-0.3, -0.25) is 0 Å². The molecule has 0 N–H and O–H groups in total. The van der Waals surface area contributed by atoms with E-state index in [1.54, 1.807) is 36.4 Å². The lowest BCUT2D eigenvalue weighted by Crippen LogP contribution is -2.05. The molecule has 0 atom stereocenters. The molecule has 0 amide bonds. The van der Waals surface area contributed by atoms with Crippen molar-refractivity contribution >= 4 is 52.7 Å². The van der Waals surface area contributed by atoms with Crippen molar-refractivity contribution in [1.29, 1.82) is 0 Å². The Bertz CT molecular complexity index is 970. The molecule has 0 bridgehead atoms. The van der Waals surface area contributed by atoms with E-state index >= 15 is 0 Å². The first-order valence-corrected chi connectivity index (χ1v) is 9.04. The van der Waals surface area contributed by atoms with Gasteiger partial charge in [-0.05, 0) is 48.9 Å². The third-order valence-electron chi connectivity index (χ3n) is 3.63. The van der Waals surface area contributed by atoms with Crippen LogP contribution in [0, 0.1) is 0 Å². The quantitative estimate of drug-likeness (QED) is 0.474. The summed E-state index contributed by atoms with van der Waals surface area (Å²) in [5.74, 6) is 0.461. The summed E-state index contributed by atoms with van der Waals surface area (Å²) in [6.07, 6.45) is 1.55. The van der Waals surface area contributed by atoms with Crippen LogP contribution >= 0.6 is 34.8 Å². The predicted molar refractivity (Wildman–Crippen MR) is 106 cm³/mol. The van der Waals surface area contributed by atoms with Gasteiger partial charge in [-0.1, -0.05) is 34.8 Å². The van der Waals surface area contributed by atoms with Gasteiger partial charge in [-0.25, -0.2) is 9.79 Å². The summed E-state index contributed by atoms with van der Waals surface area (Å²) in [6, 6.07) is 8.20. The molecule has 8 heteroatoms. The third-order valence-corrected chi connectivity index (χ3v) is 4.65. The van der Waals surface area contributed by atoms with E-state index < -0.39 is 5.97 Å². The summed E-state index contributed by atoms with van der Waals surface area (Å²) in [4.78, 5) is 16.4. The smallest absolute Gasteiger partial charge is 0.363 e. The van der Waals surface area contributed by atoms with Crippen LogP contribution in [-0.2, 0) is 9.53 Å². The number of carbonyl (C=O) groups is 1. The van der Waals surface area contributed by atoms with Crippen LogP contribution in [0.25, 0.3) is 6.08 Å². The number of esters is 1. The lowest BCUT2D eigenvalue weighted by Gasteiger charge is -2.11. The number of hydrogen-bond acceptors (Lipinski definition) is 5. The van der Waals surface area contributed by atoms with Crippen molar-refractivity contribution in [2.24, 2.45) is 4.99 Å². The van der Waals surface area contributed by atoms with Crippen LogP contribution in [0.4, 0.5) is 0 Å². The molecule has 2 aromatic carbocycles. The van der Waals surface area contributed by atoms with Crippen molar-refractivity contribution in [2.45, 2.75) is 6.92 Å². The Morgan fingerprint density at radius 3 is 2.56 bits per heavy atom. The van der Waals surface area contributed by atoms with Crippen molar-refractivity contribution in [3.8, 4) is 11.5 Å². The second-order valence-corrected chi connectivity index (χ2v) is 6.65. The number of nitrogens with zero attached hydrogens (tertiary/aromatic N) is 1. The van der Waals surface area contributed by atoms with Crippen molar-refractivity contribution in [1.82, 2.24) is 0 Å². The fourth-order valence-corrected chi connectivity index (χ4v) is 3.00. The Labute approximate surface area is 171 Å². The van der Waals surface area contributed by atoms with Crippen LogP contribution in [0.5, 0.6) is 11.5 Å². The van der Waals surface area contributed by atoms with Gasteiger partial charge in [0, 0.05) is 5.56 Å². The molecule has 1 heterocycles. The maximum absolute atomic E-state index is 12.2. The predicted octanol–water partition coefficient (Wildman–Crippen LogP) is 5.40. The highest BCUT2D eigenvalue weighted by Crippen LogP contribution is 2.37. The zero-order valence-electron chi connectivity index (χ0n) is 14.4. The highest BCUT2D eigenvalue weighted by molar-refractivity contribution is 6.42. The molecule has 27 heavy (non-hydrogen) atoms. The molecule has 0 aliphatic carbocycles. The number of benzene rings is 2. The van der Waals surface area contributed by atoms with E-state index in [0.29, 0.717) is 44.3 Å². The van der Waals surface area contributed by atoms with Crippen LogP contribution < -0.4 is 9.47 Å². The molecule has 5 nitrogen and oxygen atoms in total. The van der Waals surface area contributed by atoms with Gasteiger partial charge in [0.25, 0.3) is 0 Å². The van der Waals surface area contributed by atoms with Gasteiger partial charge in [0.15, 0.2) is 17.2 Å². The van der Waals surface area contributed by atoms with Crippen LogP contribution in [0.3, 0.4) is 0 Å². The van der Waals surface area contributed by atoms with Crippen molar-refractivity contribution in [2.75, 3.05) is 13.7 Å². The Morgan fingerprint density at radius 1 is 1.11 bits per heavy atom. The number of hydrogen-bond donors (Lipinski definition) is 0. The van der Waals surface area contributed by atoms with E-state index in [-0.39, 0.29) is 11.6 Å². The summed E-state index contributed by atoms with van der Waals surface area (Å²) in [5.41, 5.74) is 1.29. The molecule has 1 aliphatic heterocycles. The van der Waals surface area contributed by atoms with Gasteiger partial charge >= 0.3 is 5.97 Å². The fourth-order valence-electron chi connectivity index (χ4n) is 2.43.